The van der Waals surface area contributed by atoms with Crippen LogP contribution in [0.25, 0.3) is 0 Å². The van der Waals surface area contributed by atoms with Crippen LogP contribution in [0.2, 0.25) is 0 Å². The van der Waals surface area contributed by atoms with E-state index in [2.05, 4.69) is 5.32 Å². The van der Waals surface area contributed by atoms with Gasteiger partial charge in [-0.3, -0.25) is 0 Å². The van der Waals surface area contributed by atoms with E-state index >= 15 is 0 Å². The third-order valence-electron chi connectivity index (χ3n) is 2.99. The molecule has 2 fully saturated rings. The van der Waals surface area contributed by atoms with Crippen LogP contribution in [0.5, 0.6) is 0 Å². The summed E-state index contributed by atoms with van der Waals surface area (Å²) in [7, 11) is 0. The molecule has 1 saturated carbocycles. The van der Waals surface area contributed by atoms with Crippen LogP contribution in [0.15, 0.2) is 0 Å². The monoisotopic (exact) mass is 205 g/mol. The van der Waals surface area contributed by atoms with E-state index in [0.29, 0.717) is 25.6 Å². The van der Waals surface area contributed by atoms with Crippen molar-refractivity contribution >= 4 is 0 Å². The third kappa shape index (κ3) is 2.64. The molecule has 14 heavy (non-hydrogen) atoms. The van der Waals surface area contributed by atoms with Crippen molar-refractivity contribution in [3.05, 3.63) is 0 Å². The molecule has 2 nitrogen and oxygen atoms in total. The first kappa shape index (κ1) is 10.3. The summed E-state index contributed by atoms with van der Waals surface area (Å²) in [6, 6.07) is 0. The van der Waals surface area contributed by atoms with Gasteiger partial charge in [-0.25, -0.2) is 8.78 Å². The fraction of sp³-hybridized carbons (Fsp3) is 1.00. The predicted molar refractivity (Wildman–Crippen MR) is 49.5 cm³/mol. The summed E-state index contributed by atoms with van der Waals surface area (Å²) < 4.78 is 31.9. The molecule has 0 aromatic rings. The first-order valence-corrected chi connectivity index (χ1v) is 5.35. The van der Waals surface area contributed by atoms with E-state index in [1.54, 1.807) is 0 Å². The van der Waals surface area contributed by atoms with Crippen LogP contribution in [0.1, 0.15) is 19.3 Å². The Morgan fingerprint density at radius 1 is 1.29 bits per heavy atom. The number of alkyl halides is 2. The molecular weight excluding hydrogens is 188 g/mol. The van der Waals surface area contributed by atoms with Gasteiger partial charge in [0.2, 0.25) is 0 Å². The Morgan fingerprint density at radius 3 is 2.71 bits per heavy atom. The van der Waals surface area contributed by atoms with Crippen LogP contribution in [0.3, 0.4) is 0 Å². The molecule has 0 aromatic carbocycles. The van der Waals surface area contributed by atoms with Gasteiger partial charge in [-0.2, -0.15) is 0 Å². The van der Waals surface area contributed by atoms with Crippen molar-refractivity contribution in [3.8, 4) is 0 Å². The van der Waals surface area contributed by atoms with Crippen molar-refractivity contribution in [2.45, 2.75) is 25.2 Å². The Kier molecular flexibility index (Phi) is 3.02. The Balaban J connectivity index is 1.70. The molecule has 2 rings (SSSR count). The van der Waals surface area contributed by atoms with Crippen molar-refractivity contribution in [2.75, 3.05) is 26.3 Å². The van der Waals surface area contributed by atoms with Gasteiger partial charge in [0.25, 0.3) is 5.92 Å². The van der Waals surface area contributed by atoms with E-state index in [-0.39, 0.29) is 13.0 Å². The number of halogens is 2. The van der Waals surface area contributed by atoms with Gasteiger partial charge in [-0.05, 0) is 18.8 Å². The molecule has 1 aliphatic carbocycles. The number of piperidine rings is 1. The minimum atomic E-state index is -2.53. The summed E-state index contributed by atoms with van der Waals surface area (Å²) in [5, 5.41) is 2.98. The van der Waals surface area contributed by atoms with Crippen LogP contribution >= 0.6 is 0 Å². The molecule has 82 valence electrons. The highest BCUT2D eigenvalue weighted by molar-refractivity contribution is 4.84. The summed E-state index contributed by atoms with van der Waals surface area (Å²) in [5.41, 5.74) is 0. The summed E-state index contributed by atoms with van der Waals surface area (Å²) in [5.74, 6) is -2.51. The summed E-state index contributed by atoms with van der Waals surface area (Å²) in [4.78, 5) is 0. The van der Waals surface area contributed by atoms with Gasteiger partial charge in [-0.1, -0.05) is 0 Å². The molecule has 1 saturated heterocycles. The zero-order chi connectivity index (χ0) is 10.0. The van der Waals surface area contributed by atoms with Gasteiger partial charge >= 0.3 is 0 Å². The number of hydrogen-bond acceptors (Lipinski definition) is 2. The fourth-order valence-electron chi connectivity index (χ4n) is 1.73. The lowest BCUT2D eigenvalue weighted by molar-refractivity contribution is -0.105. The third-order valence-corrected chi connectivity index (χ3v) is 2.99. The molecule has 0 aromatic heterocycles. The molecule has 0 spiro atoms. The lowest BCUT2D eigenvalue weighted by Gasteiger charge is -2.31. The van der Waals surface area contributed by atoms with E-state index < -0.39 is 11.8 Å². The topological polar surface area (TPSA) is 21.3 Å². The molecule has 0 radical (unpaired) electrons. The molecule has 1 heterocycles. The molecule has 1 atom stereocenters. The molecule has 0 bridgehead atoms. The maximum atomic E-state index is 13.3. The second-order valence-corrected chi connectivity index (χ2v) is 4.39. The summed E-state index contributed by atoms with van der Waals surface area (Å²) in [6.07, 6.45) is 2.36. The highest BCUT2D eigenvalue weighted by Crippen LogP contribution is 2.32. The first-order chi connectivity index (χ1) is 6.68. The Hall–Kier alpha value is -0.220. The molecule has 1 aliphatic heterocycles. The number of rotatable bonds is 4. The van der Waals surface area contributed by atoms with Gasteiger partial charge in [0.05, 0.1) is 12.5 Å². The van der Waals surface area contributed by atoms with Crippen molar-refractivity contribution in [1.29, 1.82) is 0 Å². The highest BCUT2D eigenvalue weighted by atomic mass is 19.3. The van der Waals surface area contributed by atoms with Crippen LogP contribution in [0, 0.1) is 11.8 Å². The number of hydrogen-bond donors (Lipinski definition) is 1. The van der Waals surface area contributed by atoms with E-state index in [1.807, 2.05) is 0 Å². The first-order valence-electron chi connectivity index (χ1n) is 5.35. The smallest absolute Gasteiger partial charge is 0.255 e. The lowest BCUT2D eigenvalue weighted by atomic mass is 9.96. The Bertz CT molecular complexity index is 195. The van der Waals surface area contributed by atoms with Crippen LogP contribution < -0.4 is 5.32 Å². The Morgan fingerprint density at radius 2 is 2.07 bits per heavy atom. The second-order valence-electron chi connectivity index (χ2n) is 4.39. The van der Waals surface area contributed by atoms with Crippen LogP contribution in [0.4, 0.5) is 8.78 Å². The quantitative estimate of drug-likeness (QED) is 0.753. The van der Waals surface area contributed by atoms with Gasteiger partial charge in [-0.15, -0.1) is 0 Å². The van der Waals surface area contributed by atoms with E-state index in [1.165, 1.54) is 12.8 Å². The predicted octanol–water partition coefficient (Wildman–Crippen LogP) is 1.66. The number of ether oxygens (including phenoxy) is 1. The largest absolute Gasteiger partial charge is 0.381 e. The average molecular weight is 205 g/mol. The highest BCUT2D eigenvalue weighted by Gasteiger charge is 2.41. The molecule has 0 amide bonds. The normalized spacial score (nSPS) is 31.7. The minimum Gasteiger partial charge on any atom is -0.381 e. The van der Waals surface area contributed by atoms with Gasteiger partial charge in [0.1, 0.15) is 0 Å². The molecule has 1 unspecified atom stereocenters. The molecule has 1 N–H and O–H groups in total. The maximum absolute atomic E-state index is 13.3. The van der Waals surface area contributed by atoms with Gasteiger partial charge in [0.15, 0.2) is 0 Å². The van der Waals surface area contributed by atoms with Crippen molar-refractivity contribution in [3.63, 3.8) is 0 Å². The van der Waals surface area contributed by atoms with Crippen molar-refractivity contribution in [2.24, 2.45) is 11.8 Å². The SMILES string of the molecule is FC1(F)CCNCC1COCC1CC1. The number of nitrogens with one attached hydrogen (secondary N) is 1. The van der Waals surface area contributed by atoms with Gasteiger partial charge < -0.3 is 10.1 Å². The van der Waals surface area contributed by atoms with E-state index in [9.17, 15) is 8.78 Å². The molecular formula is C10H17F2NO. The van der Waals surface area contributed by atoms with Crippen molar-refractivity contribution in [1.82, 2.24) is 5.32 Å². The van der Waals surface area contributed by atoms with E-state index in [0.717, 1.165) is 0 Å². The van der Waals surface area contributed by atoms with E-state index in [4.69, 9.17) is 4.74 Å². The fourth-order valence-corrected chi connectivity index (χ4v) is 1.73. The van der Waals surface area contributed by atoms with Crippen LogP contribution in [-0.4, -0.2) is 32.2 Å². The second kappa shape index (κ2) is 4.11. The zero-order valence-corrected chi connectivity index (χ0v) is 8.27. The Labute approximate surface area is 83.0 Å². The van der Waals surface area contributed by atoms with Crippen LogP contribution in [-0.2, 0) is 4.74 Å². The summed E-state index contributed by atoms with van der Waals surface area (Å²) >= 11 is 0. The van der Waals surface area contributed by atoms with Crippen molar-refractivity contribution < 1.29 is 13.5 Å². The molecule has 4 heteroatoms. The zero-order valence-electron chi connectivity index (χ0n) is 8.27. The average Bonchev–Trinajstić information content (AvgIpc) is 2.91. The molecule has 2 aliphatic rings. The standard InChI is InChI=1S/C10H17F2NO/c11-10(12)3-4-13-5-9(10)7-14-6-8-1-2-8/h8-9,13H,1-7H2. The maximum Gasteiger partial charge on any atom is 0.255 e. The lowest BCUT2D eigenvalue weighted by Crippen LogP contribution is -2.46. The minimum absolute atomic E-state index is 0.0511. The summed E-state index contributed by atoms with van der Waals surface area (Å²) in [6.45, 7) is 1.69. The van der Waals surface area contributed by atoms with Gasteiger partial charge in [0, 0.05) is 26.1 Å².